The lowest BCUT2D eigenvalue weighted by molar-refractivity contribution is 0.264. The highest BCUT2D eigenvalue weighted by Gasteiger charge is 2.23. The molecule has 0 aliphatic heterocycles. The molecule has 0 heterocycles. The van der Waals surface area contributed by atoms with E-state index in [4.69, 9.17) is 0 Å². The van der Waals surface area contributed by atoms with Gasteiger partial charge in [-0.25, -0.2) is 0 Å². The Morgan fingerprint density at radius 2 is 1.20 bits per heavy atom. The van der Waals surface area contributed by atoms with Crippen LogP contribution >= 0.6 is 0 Å². The zero-order chi connectivity index (χ0) is 17.6. The van der Waals surface area contributed by atoms with Gasteiger partial charge in [0.05, 0.1) is 12.6 Å². The average molecular weight is 331 g/mol. The summed E-state index contributed by atoms with van der Waals surface area (Å²) in [4.78, 5) is 2.29. The summed E-state index contributed by atoms with van der Waals surface area (Å²) < 4.78 is 0. The van der Waals surface area contributed by atoms with Crippen LogP contribution in [0, 0.1) is 13.8 Å². The van der Waals surface area contributed by atoms with Crippen LogP contribution < -0.4 is 4.90 Å². The average Bonchev–Trinajstić information content (AvgIpc) is 2.65. The monoisotopic (exact) mass is 331 g/mol. The van der Waals surface area contributed by atoms with Gasteiger partial charge in [0, 0.05) is 11.4 Å². The van der Waals surface area contributed by atoms with E-state index in [1.165, 1.54) is 16.7 Å². The maximum atomic E-state index is 10.2. The van der Waals surface area contributed by atoms with Crippen LogP contribution in [0.2, 0.25) is 0 Å². The molecular weight excluding hydrogens is 306 g/mol. The first-order valence-corrected chi connectivity index (χ1v) is 8.76. The molecule has 1 atom stereocenters. The van der Waals surface area contributed by atoms with Crippen LogP contribution in [-0.4, -0.2) is 17.8 Å². The van der Waals surface area contributed by atoms with Crippen molar-refractivity contribution in [2.45, 2.75) is 26.3 Å². The largest absolute Gasteiger partial charge is 0.394 e. The van der Waals surface area contributed by atoms with E-state index in [-0.39, 0.29) is 12.6 Å². The Morgan fingerprint density at radius 3 is 1.68 bits per heavy atom. The minimum absolute atomic E-state index is 0.0235. The molecule has 2 heteroatoms. The number of rotatable bonds is 6. The third kappa shape index (κ3) is 3.92. The second-order valence-corrected chi connectivity index (χ2v) is 6.47. The van der Waals surface area contributed by atoms with Gasteiger partial charge in [0.25, 0.3) is 0 Å². The van der Waals surface area contributed by atoms with Crippen molar-refractivity contribution in [1.82, 2.24) is 0 Å². The fraction of sp³-hybridized carbons (Fsp3) is 0.217. The van der Waals surface area contributed by atoms with Crippen LogP contribution in [0.1, 0.15) is 16.7 Å². The van der Waals surface area contributed by atoms with Gasteiger partial charge in [0.1, 0.15) is 0 Å². The molecule has 0 amide bonds. The Morgan fingerprint density at radius 1 is 0.720 bits per heavy atom. The first kappa shape index (κ1) is 17.2. The molecule has 0 saturated carbocycles. The normalized spacial score (nSPS) is 12.0. The van der Waals surface area contributed by atoms with Gasteiger partial charge in [0.15, 0.2) is 0 Å². The van der Waals surface area contributed by atoms with E-state index in [1.807, 2.05) is 6.07 Å². The molecule has 128 valence electrons. The second kappa shape index (κ2) is 8.00. The molecule has 0 saturated heterocycles. The van der Waals surface area contributed by atoms with E-state index >= 15 is 0 Å². The highest BCUT2D eigenvalue weighted by atomic mass is 16.3. The first-order valence-electron chi connectivity index (χ1n) is 8.76. The fourth-order valence-corrected chi connectivity index (χ4v) is 3.31. The minimum Gasteiger partial charge on any atom is -0.394 e. The van der Waals surface area contributed by atoms with Crippen LogP contribution in [0.4, 0.5) is 11.4 Å². The van der Waals surface area contributed by atoms with Crippen molar-refractivity contribution in [2.75, 3.05) is 11.5 Å². The fourth-order valence-electron chi connectivity index (χ4n) is 3.31. The Bertz CT molecular complexity index is 768. The van der Waals surface area contributed by atoms with Gasteiger partial charge < -0.3 is 10.0 Å². The van der Waals surface area contributed by atoms with Gasteiger partial charge in [-0.2, -0.15) is 0 Å². The number of aryl methyl sites for hydroxylation is 2. The van der Waals surface area contributed by atoms with Gasteiger partial charge >= 0.3 is 0 Å². The Hall–Kier alpha value is -2.58. The van der Waals surface area contributed by atoms with Crippen LogP contribution in [-0.2, 0) is 6.42 Å². The number of hydrogen-bond acceptors (Lipinski definition) is 2. The van der Waals surface area contributed by atoms with Crippen molar-refractivity contribution < 1.29 is 5.11 Å². The SMILES string of the molecule is Cc1ccccc1N(c1ccccc1C)[C@H](CO)Cc1ccccc1. The Labute approximate surface area is 150 Å². The highest BCUT2D eigenvalue weighted by molar-refractivity contribution is 5.69. The van der Waals surface area contributed by atoms with Crippen LogP contribution in [0.5, 0.6) is 0 Å². The maximum Gasteiger partial charge on any atom is 0.0642 e. The lowest BCUT2D eigenvalue weighted by Crippen LogP contribution is -2.37. The molecule has 0 spiro atoms. The molecule has 0 aliphatic carbocycles. The minimum atomic E-state index is -0.0235. The van der Waals surface area contributed by atoms with E-state index in [9.17, 15) is 5.11 Å². The molecule has 0 aliphatic rings. The number of nitrogens with zero attached hydrogens (tertiary/aromatic N) is 1. The molecule has 25 heavy (non-hydrogen) atoms. The van der Waals surface area contributed by atoms with Crippen molar-refractivity contribution in [3.8, 4) is 0 Å². The molecule has 1 N–H and O–H groups in total. The lowest BCUT2D eigenvalue weighted by Gasteiger charge is -2.35. The van der Waals surface area contributed by atoms with E-state index < -0.39 is 0 Å². The Kier molecular flexibility index (Phi) is 5.52. The smallest absolute Gasteiger partial charge is 0.0642 e. The molecule has 0 fully saturated rings. The van der Waals surface area contributed by atoms with Crippen molar-refractivity contribution in [1.29, 1.82) is 0 Å². The van der Waals surface area contributed by atoms with Gasteiger partial charge in [-0.1, -0.05) is 66.7 Å². The van der Waals surface area contributed by atoms with E-state index in [0.29, 0.717) is 0 Å². The van der Waals surface area contributed by atoms with Crippen molar-refractivity contribution in [3.63, 3.8) is 0 Å². The standard InChI is InChI=1S/C23H25NO/c1-18-10-6-8-14-22(18)24(23-15-9-7-11-19(23)2)21(17-25)16-20-12-4-3-5-13-20/h3-15,21,25H,16-17H2,1-2H3/t21-/m0/s1. The summed E-state index contributed by atoms with van der Waals surface area (Å²) in [7, 11) is 0. The first-order chi connectivity index (χ1) is 12.2. The van der Waals surface area contributed by atoms with Gasteiger partial charge in [0.2, 0.25) is 0 Å². The molecular formula is C23H25NO. The summed E-state index contributed by atoms with van der Waals surface area (Å²) in [5, 5.41) is 10.2. The molecule has 2 nitrogen and oxygen atoms in total. The van der Waals surface area contributed by atoms with Gasteiger partial charge in [-0.15, -0.1) is 0 Å². The third-order valence-electron chi connectivity index (χ3n) is 4.64. The molecule has 0 bridgehead atoms. The zero-order valence-electron chi connectivity index (χ0n) is 14.9. The van der Waals surface area contributed by atoms with Crippen molar-refractivity contribution in [2.24, 2.45) is 0 Å². The zero-order valence-corrected chi connectivity index (χ0v) is 14.9. The van der Waals surface area contributed by atoms with Crippen LogP contribution in [0.3, 0.4) is 0 Å². The Balaban J connectivity index is 2.07. The van der Waals surface area contributed by atoms with Crippen LogP contribution in [0.15, 0.2) is 78.9 Å². The molecule has 3 rings (SSSR count). The summed E-state index contributed by atoms with van der Waals surface area (Å²) in [6.07, 6.45) is 0.792. The van der Waals surface area contributed by atoms with E-state index in [0.717, 1.165) is 17.8 Å². The number of hydrogen-bond donors (Lipinski definition) is 1. The quantitative estimate of drug-likeness (QED) is 0.683. The molecule has 0 unspecified atom stereocenters. The topological polar surface area (TPSA) is 23.5 Å². The summed E-state index contributed by atoms with van der Waals surface area (Å²) in [5.74, 6) is 0. The van der Waals surface area contributed by atoms with Crippen molar-refractivity contribution in [3.05, 3.63) is 95.6 Å². The second-order valence-electron chi connectivity index (χ2n) is 6.47. The van der Waals surface area contributed by atoms with E-state index in [1.54, 1.807) is 0 Å². The molecule has 0 aromatic heterocycles. The van der Waals surface area contributed by atoms with Gasteiger partial charge in [-0.3, -0.25) is 0 Å². The number of aliphatic hydroxyl groups excluding tert-OH is 1. The summed E-state index contributed by atoms with van der Waals surface area (Å²) in [5.41, 5.74) is 5.93. The summed E-state index contributed by atoms with van der Waals surface area (Å²) in [6.45, 7) is 4.34. The molecule has 3 aromatic rings. The third-order valence-corrected chi connectivity index (χ3v) is 4.64. The van der Waals surface area contributed by atoms with Crippen LogP contribution in [0.25, 0.3) is 0 Å². The number of para-hydroxylation sites is 2. The predicted octanol–water partition coefficient (Wildman–Crippen LogP) is 5.05. The maximum absolute atomic E-state index is 10.2. The summed E-state index contributed by atoms with van der Waals surface area (Å²) in [6, 6.07) is 27.1. The number of benzene rings is 3. The predicted molar refractivity (Wildman–Crippen MR) is 106 cm³/mol. The molecule has 3 aromatic carbocycles. The van der Waals surface area contributed by atoms with E-state index in [2.05, 4.69) is 91.5 Å². The lowest BCUT2D eigenvalue weighted by atomic mass is 10.0. The highest BCUT2D eigenvalue weighted by Crippen LogP contribution is 2.33. The number of aliphatic hydroxyl groups is 1. The number of anilines is 2. The summed E-state index contributed by atoms with van der Waals surface area (Å²) >= 11 is 0. The van der Waals surface area contributed by atoms with Gasteiger partial charge in [-0.05, 0) is 49.1 Å². The molecule has 0 radical (unpaired) electrons. The van der Waals surface area contributed by atoms with Crippen molar-refractivity contribution >= 4 is 11.4 Å².